The molecule has 0 saturated heterocycles. The van der Waals surface area contributed by atoms with E-state index in [4.69, 9.17) is 4.74 Å². The molecule has 0 radical (unpaired) electrons. The molecule has 3 rings (SSSR count). The quantitative estimate of drug-likeness (QED) is 0.861. The molecule has 1 atom stereocenters. The minimum Gasteiger partial charge on any atom is -0.464 e. The number of carbonyl (C=O) groups excluding carboxylic acids is 2. The SMILES string of the molecule is Cc1ccc(C)c(NC(=O)C2(C)Oc3cccnc3N(C)C2=O)c1. The molecule has 2 heterocycles. The van der Waals surface area contributed by atoms with E-state index in [-0.39, 0.29) is 0 Å². The Hall–Kier alpha value is -2.89. The van der Waals surface area contributed by atoms with Crippen molar-refractivity contribution in [3.05, 3.63) is 47.7 Å². The third-order valence-electron chi connectivity index (χ3n) is 4.17. The van der Waals surface area contributed by atoms with Gasteiger partial charge in [-0.3, -0.25) is 14.5 Å². The van der Waals surface area contributed by atoms with E-state index >= 15 is 0 Å². The van der Waals surface area contributed by atoms with Crippen molar-refractivity contribution in [3.8, 4) is 5.75 Å². The summed E-state index contributed by atoms with van der Waals surface area (Å²) < 4.78 is 5.74. The molecular weight excluding hydrogens is 306 g/mol. The van der Waals surface area contributed by atoms with E-state index in [9.17, 15) is 9.59 Å². The van der Waals surface area contributed by atoms with E-state index in [2.05, 4.69) is 10.3 Å². The van der Waals surface area contributed by atoms with Gasteiger partial charge in [0.05, 0.1) is 0 Å². The lowest BCUT2D eigenvalue weighted by molar-refractivity contribution is -0.145. The molecule has 1 aliphatic rings. The summed E-state index contributed by atoms with van der Waals surface area (Å²) in [6, 6.07) is 9.14. The summed E-state index contributed by atoms with van der Waals surface area (Å²) in [4.78, 5) is 31.0. The predicted molar refractivity (Wildman–Crippen MR) is 91.2 cm³/mol. The van der Waals surface area contributed by atoms with Crippen molar-refractivity contribution in [2.75, 3.05) is 17.3 Å². The number of pyridine rings is 1. The number of ether oxygens (including phenoxy) is 1. The molecular formula is C18H19N3O3. The van der Waals surface area contributed by atoms with E-state index in [1.807, 2.05) is 32.0 Å². The van der Waals surface area contributed by atoms with Crippen molar-refractivity contribution >= 4 is 23.3 Å². The van der Waals surface area contributed by atoms with Crippen molar-refractivity contribution in [1.29, 1.82) is 0 Å². The Morgan fingerprint density at radius 2 is 2.04 bits per heavy atom. The summed E-state index contributed by atoms with van der Waals surface area (Å²) in [5.41, 5.74) is 0.943. The number of aromatic nitrogens is 1. The van der Waals surface area contributed by atoms with Crippen molar-refractivity contribution in [3.63, 3.8) is 0 Å². The third-order valence-corrected chi connectivity index (χ3v) is 4.17. The monoisotopic (exact) mass is 325 g/mol. The molecule has 0 spiro atoms. The molecule has 124 valence electrons. The highest BCUT2D eigenvalue weighted by Crippen LogP contribution is 2.35. The number of fused-ring (bicyclic) bond motifs is 1. The Morgan fingerprint density at radius 1 is 1.29 bits per heavy atom. The van der Waals surface area contributed by atoms with Crippen LogP contribution in [-0.2, 0) is 9.59 Å². The van der Waals surface area contributed by atoms with Crippen LogP contribution in [0.3, 0.4) is 0 Å². The van der Waals surface area contributed by atoms with Crippen LogP contribution in [0.2, 0.25) is 0 Å². The van der Waals surface area contributed by atoms with Gasteiger partial charge >= 0.3 is 0 Å². The van der Waals surface area contributed by atoms with Gasteiger partial charge in [0.15, 0.2) is 11.6 Å². The lowest BCUT2D eigenvalue weighted by atomic mass is 10.0. The highest BCUT2D eigenvalue weighted by Gasteiger charge is 2.50. The van der Waals surface area contributed by atoms with Gasteiger partial charge in [0, 0.05) is 18.9 Å². The number of amides is 2. The number of anilines is 2. The summed E-state index contributed by atoms with van der Waals surface area (Å²) in [6.45, 7) is 5.31. The van der Waals surface area contributed by atoms with E-state index in [0.717, 1.165) is 11.1 Å². The lowest BCUT2D eigenvalue weighted by Gasteiger charge is -2.37. The Morgan fingerprint density at radius 3 is 2.79 bits per heavy atom. The van der Waals surface area contributed by atoms with Crippen LogP contribution in [0.5, 0.6) is 5.75 Å². The average Bonchev–Trinajstić information content (AvgIpc) is 2.56. The normalized spacial score (nSPS) is 19.5. The molecule has 6 heteroatoms. The van der Waals surface area contributed by atoms with E-state index in [0.29, 0.717) is 17.3 Å². The van der Waals surface area contributed by atoms with Gasteiger partial charge in [-0.1, -0.05) is 12.1 Å². The molecule has 1 aliphatic heterocycles. The summed E-state index contributed by atoms with van der Waals surface area (Å²) >= 11 is 0. The molecule has 2 aromatic rings. The fourth-order valence-electron chi connectivity index (χ4n) is 2.65. The molecule has 2 amide bonds. The molecule has 1 aromatic heterocycles. The van der Waals surface area contributed by atoms with Crippen molar-refractivity contribution < 1.29 is 14.3 Å². The fraction of sp³-hybridized carbons (Fsp3) is 0.278. The van der Waals surface area contributed by atoms with Gasteiger partial charge < -0.3 is 10.1 Å². The van der Waals surface area contributed by atoms with E-state index < -0.39 is 17.4 Å². The molecule has 0 bridgehead atoms. The minimum atomic E-state index is -1.65. The number of carbonyl (C=O) groups is 2. The van der Waals surface area contributed by atoms with Gasteiger partial charge in [-0.15, -0.1) is 0 Å². The van der Waals surface area contributed by atoms with Crippen molar-refractivity contribution in [1.82, 2.24) is 4.98 Å². The second-order valence-corrected chi connectivity index (χ2v) is 6.10. The zero-order chi connectivity index (χ0) is 17.5. The maximum absolute atomic E-state index is 12.8. The number of rotatable bonds is 2. The van der Waals surface area contributed by atoms with Crippen LogP contribution in [0.1, 0.15) is 18.1 Å². The largest absolute Gasteiger partial charge is 0.464 e. The number of aryl methyl sites for hydroxylation is 2. The molecule has 1 unspecified atom stereocenters. The van der Waals surface area contributed by atoms with Gasteiger partial charge in [0.1, 0.15) is 0 Å². The molecule has 24 heavy (non-hydrogen) atoms. The molecule has 0 saturated carbocycles. The lowest BCUT2D eigenvalue weighted by Crippen LogP contribution is -2.60. The smallest absolute Gasteiger partial charge is 0.281 e. The van der Waals surface area contributed by atoms with Crippen LogP contribution in [0.15, 0.2) is 36.5 Å². The maximum atomic E-state index is 12.8. The number of hydrogen-bond donors (Lipinski definition) is 1. The Labute approximate surface area is 140 Å². The zero-order valence-electron chi connectivity index (χ0n) is 14.1. The van der Waals surface area contributed by atoms with Crippen LogP contribution >= 0.6 is 0 Å². The highest BCUT2D eigenvalue weighted by molar-refractivity contribution is 6.19. The average molecular weight is 325 g/mol. The van der Waals surface area contributed by atoms with Crippen LogP contribution in [-0.4, -0.2) is 29.4 Å². The Kier molecular flexibility index (Phi) is 3.75. The van der Waals surface area contributed by atoms with Gasteiger partial charge in [0.25, 0.3) is 17.4 Å². The fourth-order valence-corrected chi connectivity index (χ4v) is 2.65. The number of nitrogens with zero attached hydrogens (tertiary/aromatic N) is 2. The highest BCUT2D eigenvalue weighted by atomic mass is 16.5. The van der Waals surface area contributed by atoms with Crippen LogP contribution in [0.25, 0.3) is 0 Å². The van der Waals surface area contributed by atoms with Gasteiger partial charge in [0.2, 0.25) is 0 Å². The molecule has 1 aromatic carbocycles. The first kappa shape index (κ1) is 16.0. The first-order valence-corrected chi connectivity index (χ1v) is 7.64. The topological polar surface area (TPSA) is 71.5 Å². The van der Waals surface area contributed by atoms with Crippen LogP contribution in [0.4, 0.5) is 11.5 Å². The minimum absolute atomic E-state index is 0.401. The van der Waals surface area contributed by atoms with E-state index in [1.54, 1.807) is 25.4 Å². The number of benzene rings is 1. The van der Waals surface area contributed by atoms with Gasteiger partial charge in [-0.25, -0.2) is 4.98 Å². The first-order valence-electron chi connectivity index (χ1n) is 7.64. The maximum Gasteiger partial charge on any atom is 0.281 e. The molecule has 1 N–H and O–H groups in total. The number of nitrogens with one attached hydrogen (secondary N) is 1. The number of likely N-dealkylation sites (N-methyl/N-ethyl adjacent to an activating group) is 1. The summed E-state index contributed by atoms with van der Waals surface area (Å²) in [6.07, 6.45) is 1.57. The number of hydrogen-bond acceptors (Lipinski definition) is 4. The zero-order valence-corrected chi connectivity index (χ0v) is 14.1. The second-order valence-electron chi connectivity index (χ2n) is 6.10. The Balaban J connectivity index is 1.94. The summed E-state index contributed by atoms with van der Waals surface area (Å²) in [5, 5.41) is 2.81. The van der Waals surface area contributed by atoms with Gasteiger partial charge in [-0.05, 0) is 50.1 Å². The first-order chi connectivity index (χ1) is 11.3. The van der Waals surface area contributed by atoms with Crippen molar-refractivity contribution in [2.24, 2.45) is 0 Å². The Bertz CT molecular complexity index is 834. The second kappa shape index (κ2) is 5.63. The molecule has 0 aliphatic carbocycles. The summed E-state index contributed by atoms with van der Waals surface area (Å²) in [7, 11) is 1.58. The standard InChI is InChI=1S/C18H19N3O3/c1-11-7-8-12(2)13(10-11)20-16(22)18(3)17(23)21(4)15-14(24-18)6-5-9-19-15/h5-10H,1-4H3,(H,20,22). The van der Waals surface area contributed by atoms with E-state index in [1.165, 1.54) is 11.8 Å². The van der Waals surface area contributed by atoms with Crippen molar-refractivity contribution in [2.45, 2.75) is 26.4 Å². The summed E-state index contributed by atoms with van der Waals surface area (Å²) in [5.74, 6) is -0.170. The van der Waals surface area contributed by atoms with Crippen LogP contribution < -0.4 is 15.0 Å². The molecule has 0 fully saturated rings. The van der Waals surface area contributed by atoms with Crippen LogP contribution in [0, 0.1) is 13.8 Å². The third kappa shape index (κ3) is 2.50. The predicted octanol–water partition coefficient (Wildman–Crippen LogP) is 2.45. The molecule has 6 nitrogen and oxygen atoms in total. The van der Waals surface area contributed by atoms with Gasteiger partial charge in [-0.2, -0.15) is 0 Å².